The number of hydrogen-bond acceptors (Lipinski definition) is 5. The Kier molecular flexibility index (Phi) is 4.37. The van der Waals surface area contributed by atoms with Crippen LogP contribution in [-0.2, 0) is 4.74 Å². The molecule has 0 unspecified atom stereocenters. The Morgan fingerprint density at radius 2 is 2.14 bits per heavy atom. The number of methoxy groups -OCH3 is 1. The summed E-state index contributed by atoms with van der Waals surface area (Å²) in [6.07, 6.45) is 0. The summed E-state index contributed by atoms with van der Waals surface area (Å²) >= 11 is 0. The molecule has 0 amide bonds. The summed E-state index contributed by atoms with van der Waals surface area (Å²) in [4.78, 5) is 30.2. The largest absolute Gasteiger partial charge is 0.497 e. The molecular weight excluding hydrogens is 272 g/mol. The third-order valence-electron chi connectivity index (χ3n) is 2.94. The maximum absolute atomic E-state index is 12.1. The predicted molar refractivity (Wildman–Crippen MR) is 77.5 cm³/mol. The maximum atomic E-state index is 12.1. The average molecular weight is 288 g/mol. The SMILES string of the molecule is CCOC(=O)c1c(-c2cccc(OC)c2)nc(=O)[nH]c1C. The number of ether oxygens (including phenoxy) is 2. The lowest BCUT2D eigenvalue weighted by Gasteiger charge is -2.11. The number of aryl methyl sites for hydroxylation is 1. The normalized spacial score (nSPS) is 10.2. The van der Waals surface area contributed by atoms with E-state index in [1.54, 1.807) is 45.2 Å². The molecular formula is C15H16N2O4. The standard InChI is InChI=1S/C15H16N2O4/c1-4-21-14(18)12-9(2)16-15(19)17-13(12)10-6-5-7-11(8-10)20-3/h5-8H,4H2,1-3H3,(H,16,17,19). The topological polar surface area (TPSA) is 81.3 Å². The molecule has 0 aliphatic rings. The minimum atomic E-state index is -0.517. The molecule has 1 N–H and O–H groups in total. The fourth-order valence-electron chi connectivity index (χ4n) is 2.02. The zero-order valence-corrected chi connectivity index (χ0v) is 12.1. The van der Waals surface area contributed by atoms with Crippen LogP contribution in [0.5, 0.6) is 5.75 Å². The lowest BCUT2D eigenvalue weighted by molar-refractivity contribution is 0.0525. The van der Waals surface area contributed by atoms with Gasteiger partial charge in [-0.05, 0) is 26.0 Å². The molecule has 1 aromatic heterocycles. The van der Waals surface area contributed by atoms with Crippen molar-refractivity contribution in [3.05, 3.63) is 46.0 Å². The first-order chi connectivity index (χ1) is 10.1. The van der Waals surface area contributed by atoms with Gasteiger partial charge < -0.3 is 14.5 Å². The van der Waals surface area contributed by atoms with E-state index in [0.717, 1.165) is 0 Å². The highest BCUT2D eigenvalue weighted by Gasteiger charge is 2.20. The molecule has 6 nitrogen and oxygen atoms in total. The molecule has 1 heterocycles. The highest BCUT2D eigenvalue weighted by Crippen LogP contribution is 2.26. The summed E-state index contributed by atoms with van der Waals surface area (Å²) in [5.41, 5.74) is 1.06. The Labute approximate surface area is 121 Å². The van der Waals surface area contributed by atoms with Gasteiger partial charge in [0.1, 0.15) is 11.3 Å². The van der Waals surface area contributed by atoms with Crippen LogP contribution in [0.25, 0.3) is 11.3 Å². The maximum Gasteiger partial charge on any atom is 0.345 e. The van der Waals surface area contributed by atoms with Crippen molar-refractivity contribution in [1.29, 1.82) is 0 Å². The van der Waals surface area contributed by atoms with Crippen LogP contribution >= 0.6 is 0 Å². The molecule has 21 heavy (non-hydrogen) atoms. The molecule has 0 atom stereocenters. The molecule has 0 fully saturated rings. The van der Waals surface area contributed by atoms with E-state index in [9.17, 15) is 9.59 Å². The van der Waals surface area contributed by atoms with Gasteiger partial charge in [-0.15, -0.1) is 0 Å². The van der Waals surface area contributed by atoms with Gasteiger partial charge in [-0.3, -0.25) is 0 Å². The highest BCUT2D eigenvalue weighted by atomic mass is 16.5. The first kappa shape index (κ1) is 14.8. The second kappa shape index (κ2) is 6.21. The third kappa shape index (κ3) is 3.10. The lowest BCUT2D eigenvalue weighted by atomic mass is 10.0. The summed E-state index contributed by atoms with van der Waals surface area (Å²) in [5.74, 6) is 0.0959. The molecule has 6 heteroatoms. The molecule has 0 saturated heterocycles. The molecule has 0 aliphatic carbocycles. The van der Waals surface area contributed by atoms with E-state index in [0.29, 0.717) is 17.0 Å². The predicted octanol–water partition coefficient (Wildman–Crippen LogP) is 1.93. The van der Waals surface area contributed by atoms with E-state index in [1.807, 2.05) is 0 Å². The van der Waals surface area contributed by atoms with Gasteiger partial charge in [0, 0.05) is 11.3 Å². The smallest absolute Gasteiger partial charge is 0.345 e. The average Bonchev–Trinajstić information content (AvgIpc) is 2.46. The quantitative estimate of drug-likeness (QED) is 0.869. The fourth-order valence-corrected chi connectivity index (χ4v) is 2.02. The van der Waals surface area contributed by atoms with Gasteiger partial charge in [-0.25, -0.2) is 9.59 Å². The van der Waals surface area contributed by atoms with Crippen LogP contribution in [0.2, 0.25) is 0 Å². The molecule has 2 rings (SSSR count). The molecule has 0 spiro atoms. The Hall–Kier alpha value is -2.63. The lowest BCUT2D eigenvalue weighted by Crippen LogP contribution is -2.19. The summed E-state index contributed by atoms with van der Waals surface area (Å²) in [6, 6.07) is 7.01. The second-order valence-electron chi connectivity index (χ2n) is 4.34. The number of carbonyl (C=O) groups is 1. The van der Waals surface area contributed by atoms with Crippen LogP contribution < -0.4 is 10.4 Å². The van der Waals surface area contributed by atoms with E-state index in [-0.39, 0.29) is 17.9 Å². The minimum absolute atomic E-state index is 0.245. The van der Waals surface area contributed by atoms with Crippen LogP contribution in [0.1, 0.15) is 23.0 Å². The summed E-state index contributed by atoms with van der Waals surface area (Å²) in [6.45, 7) is 3.60. The number of aromatic amines is 1. The van der Waals surface area contributed by atoms with Crippen LogP contribution in [0, 0.1) is 6.92 Å². The zero-order valence-electron chi connectivity index (χ0n) is 12.1. The summed E-state index contributed by atoms with van der Waals surface area (Å²) in [7, 11) is 1.54. The van der Waals surface area contributed by atoms with E-state index in [2.05, 4.69) is 9.97 Å². The van der Waals surface area contributed by atoms with Gasteiger partial charge in [0.25, 0.3) is 0 Å². The highest BCUT2D eigenvalue weighted by molar-refractivity contribution is 5.97. The molecule has 110 valence electrons. The number of aromatic nitrogens is 2. The monoisotopic (exact) mass is 288 g/mol. The van der Waals surface area contributed by atoms with Gasteiger partial charge in [-0.1, -0.05) is 12.1 Å². The number of esters is 1. The van der Waals surface area contributed by atoms with Gasteiger partial charge in [-0.2, -0.15) is 4.98 Å². The number of rotatable bonds is 4. The Bertz CT molecular complexity index is 722. The van der Waals surface area contributed by atoms with Crippen molar-refractivity contribution in [1.82, 2.24) is 9.97 Å². The van der Waals surface area contributed by atoms with Crippen molar-refractivity contribution < 1.29 is 14.3 Å². The number of hydrogen-bond donors (Lipinski definition) is 1. The van der Waals surface area contributed by atoms with Crippen molar-refractivity contribution in [3.63, 3.8) is 0 Å². The molecule has 0 saturated carbocycles. The fraction of sp³-hybridized carbons (Fsp3) is 0.267. The van der Waals surface area contributed by atoms with Crippen LogP contribution in [0.15, 0.2) is 29.1 Å². The second-order valence-corrected chi connectivity index (χ2v) is 4.34. The van der Waals surface area contributed by atoms with Crippen molar-refractivity contribution in [2.75, 3.05) is 13.7 Å². The molecule has 2 aromatic rings. The molecule has 0 radical (unpaired) electrons. The van der Waals surface area contributed by atoms with Crippen molar-refractivity contribution >= 4 is 5.97 Å². The van der Waals surface area contributed by atoms with E-state index >= 15 is 0 Å². The Morgan fingerprint density at radius 1 is 1.38 bits per heavy atom. The number of carbonyl (C=O) groups excluding carboxylic acids is 1. The van der Waals surface area contributed by atoms with Gasteiger partial charge >= 0.3 is 11.7 Å². The van der Waals surface area contributed by atoms with Crippen LogP contribution in [0.4, 0.5) is 0 Å². The first-order valence-corrected chi connectivity index (χ1v) is 6.49. The Balaban J connectivity index is 2.66. The van der Waals surface area contributed by atoms with E-state index < -0.39 is 11.7 Å². The number of nitrogens with one attached hydrogen (secondary N) is 1. The zero-order chi connectivity index (χ0) is 15.4. The first-order valence-electron chi connectivity index (χ1n) is 6.49. The number of H-pyrrole nitrogens is 1. The van der Waals surface area contributed by atoms with Gasteiger partial charge in [0.15, 0.2) is 0 Å². The third-order valence-corrected chi connectivity index (χ3v) is 2.94. The van der Waals surface area contributed by atoms with Gasteiger partial charge in [0.2, 0.25) is 0 Å². The minimum Gasteiger partial charge on any atom is -0.497 e. The van der Waals surface area contributed by atoms with Crippen LogP contribution in [-0.4, -0.2) is 29.7 Å². The number of benzene rings is 1. The summed E-state index contributed by atoms with van der Waals surface area (Å²) in [5, 5.41) is 0. The van der Waals surface area contributed by atoms with E-state index in [1.165, 1.54) is 0 Å². The van der Waals surface area contributed by atoms with Crippen molar-refractivity contribution in [2.24, 2.45) is 0 Å². The van der Waals surface area contributed by atoms with Crippen LogP contribution in [0.3, 0.4) is 0 Å². The Morgan fingerprint density at radius 3 is 2.81 bits per heavy atom. The molecule has 0 aliphatic heterocycles. The van der Waals surface area contributed by atoms with Gasteiger partial charge in [0.05, 0.1) is 19.4 Å². The molecule has 1 aromatic carbocycles. The van der Waals surface area contributed by atoms with Crippen molar-refractivity contribution in [3.8, 4) is 17.0 Å². The number of nitrogens with zero attached hydrogens (tertiary/aromatic N) is 1. The van der Waals surface area contributed by atoms with Crippen molar-refractivity contribution in [2.45, 2.75) is 13.8 Å². The summed E-state index contributed by atoms with van der Waals surface area (Å²) < 4.78 is 10.2. The molecule has 0 bridgehead atoms. The van der Waals surface area contributed by atoms with E-state index in [4.69, 9.17) is 9.47 Å².